The average Bonchev–Trinajstić information content (AvgIpc) is 2.20. The first kappa shape index (κ1) is 11.5. The molecule has 0 fully saturated rings. The number of rotatable bonds is 2. The van der Waals surface area contributed by atoms with Crippen LogP contribution in [0.5, 0.6) is 0 Å². The van der Waals surface area contributed by atoms with E-state index in [4.69, 9.17) is 0 Å². The molecule has 1 aromatic carbocycles. The maximum absolute atomic E-state index is 12.7. The molecule has 82 valence electrons. The van der Waals surface area contributed by atoms with Crippen molar-refractivity contribution in [1.29, 1.82) is 0 Å². The van der Waals surface area contributed by atoms with E-state index in [0.717, 1.165) is 14.5 Å². The molecule has 0 radical (unpaired) electrons. The maximum atomic E-state index is 12.7. The quantitative estimate of drug-likeness (QED) is 0.788. The minimum absolute atomic E-state index is 0.232. The molecular weight excluding hydrogens is 291 g/mol. The molecule has 0 spiro atoms. The lowest BCUT2D eigenvalue weighted by molar-refractivity contribution is 0.626. The standard InChI is InChI=1S/C11H8BrFN2S/c1-7-14-10(12)6-11(15-7)16-9-4-2-8(13)3-5-9/h2-6H,1H3. The highest BCUT2D eigenvalue weighted by atomic mass is 79.9. The molecule has 0 saturated heterocycles. The fourth-order valence-electron chi connectivity index (χ4n) is 1.18. The minimum atomic E-state index is -0.232. The van der Waals surface area contributed by atoms with Crippen molar-refractivity contribution in [2.75, 3.05) is 0 Å². The highest BCUT2D eigenvalue weighted by Crippen LogP contribution is 2.27. The van der Waals surface area contributed by atoms with E-state index in [1.54, 1.807) is 12.1 Å². The first-order valence-electron chi connectivity index (χ1n) is 4.58. The molecule has 1 aromatic heterocycles. The zero-order valence-corrected chi connectivity index (χ0v) is 10.8. The van der Waals surface area contributed by atoms with Crippen LogP contribution < -0.4 is 0 Å². The van der Waals surface area contributed by atoms with Crippen molar-refractivity contribution in [3.8, 4) is 0 Å². The number of aromatic nitrogens is 2. The Balaban J connectivity index is 2.23. The van der Waals surface area contributed by atoms with Gasteiger partial charge in [0, 0.05) is 11.0 Å². The van der Waals surface area contributed by atoms with Gasteiger partial charge in [0.05, 0.1) is 0 Å². The zero-order valence-electron chi connectivity index (χ0n) is 8.45. The van der Waals surface area contributed by atoms with Gasteiger partial charge < -0.3 is 0 Å². The average molecular weight is 299 g/mol. The summed E-state index contributed by atoms with van der Waals surface area (Å²) in [5.74, 6) is 0.475. The fourth-order valence-corrected chi connectivity index (χ4v) is 2.67. The van der Waals surface area contributed by atoms with Gasteiger partial charge in [-0.05, 0) is 47.1 Å². The highest BCUT2D eigenvalue weighted by molar-refractivity contribution is 9.10. The molecule has 5 heteroatoms. The monoisotopic (exact) mass is 298 g/mol. The van der Waals surface area contributed by atoms with Gasteiger partial charge in [0.15, 0.2) is 0 Å². The van der Waals surface area contributed by atoms with E-state index in [9.17, 15) is 4.39 Å². The Morgan fingerprint density at radius 2 is 1.88 bits per heavy atom. The third-order valence-corrected chi connectivity index (χ3v) is 3.15. The van der Waals surface area contributed by atoms with Crippen molar-refractivity contribution < 1.29 is 4.39 Å². The van der Waals surface area contributed by atoms with Crippen LogP contribution in [-0.2, 0) is 0 Å². The van der Waals surface area contributed by atoms with Gasteiger partial charge in [-0.1, -0.05) is 11.8 Å². The predicted molar refractivity (Wildman–Crippen MR) is 65.0 cm³/mol. The summed E-state index contributed by atoms with van der Waals surface area (Å²) in [5.41, 5.74) is 0. The third-order valence-electron chi connectivity index (χ3n) is 1.82. The van der Waals surface area contributed by atoms with Crippen molar-refractivity contribution in [2.24, 2.45) is 0 Å². The minimum Gasteiger partial charge on any atom is -0.226 e. The van der Waals surface area contributed by atoms with E-state index in [1.165, 1.54) is 23.9 Å². The van der Waals surface area contributed by atoms with Crippen molar-refractivity contribution >= 4 is 27.7 Å². The molecule has 0 amide bonds. The van der Waals surface area contributed by atoms with Gasteiger partial charge >= 0.3 is 0 Å². The van der Waals surface area contributed by atoms with Gasteiger partial charge in [-0.3, -0.25) is 0 Å². The van der Waals surface area contributed by atoms with E-state index >= 15 is 0 Å². The highest BCUT2D eigenvalue weighted by Gasteiger charge is 2.02. The van der Waals surface area contributed by atoms with Gasteiger partial charge in [-0.25, -0.2) is 14.4 Å². The molecule has 0 atom stereocenters. The summed E-state index contributed by atoms with van der Waals surface area (Å²) in [5, 5.41) is 0.839. The lowest BCUT2D eigenvalue weighted by Crippen LogP contribution is -1.90. The van der Waals surface area contributed by atoms with Gasteiger partial charge in [-0.15, -0.1) is 0 Å². The van der Waals surface area contributed by atoms with Crippen LogP contribution >= 0.6 is 27.7 Å². The number of halogens is 2. The molecule has 0 saturated carbocycles. The third kappa shape index (κ3) is 3.02. The van der Waals surface area contributed by atoms with E-state index in [2.05, 4.69) is 25.9 Å². The van der Waals surface area contributed by atoms with Crippen LogP contribution in [-0.4, -0.2) is 9.97 Å². The summed E-state index contributed by atoms with van der Waals surface area (Å²) in [6.07, 6.45) is 0. The Kier molecular flexibility index (Phi) is 3.56. The Morgan fingerprint density at radius 1 is 1.19 bits per heavy atom. The Hall–Kier alpha value is -0.940. The summed E-state index contributed by atoms with van der Waals surface area (Å²) in [7, 11) is 0. The largest absolute Gasteiger partial charge is 0.226 e. The second-order valence-electron chi connectivity index (χ2n) is 3.13. The van der Waals surface area contributed by atoms with Gasteiger partial charge in [-0.2, -0.15) is 0 Å². The number of hydrogen-bond acceptors (Lipinski definition) is 3. The molecule has 0 bridgehead atoms. The maximum Gasteiger partial charge on any atom is 0.127 e. The normalized spacial score (nSPS) is 10.4. The molecule has 0 aliphatic rings. The molecule has 2 rings (SSSR count). The van der Waals surface area contributed by atoms with E-state index < -0.39 is 0 Å². The van der Waals surface area contributed by atoms with Crippen LogP contribution in [0.15, 0.2) is 44.9 Å². The second kappa shape index (κ2) is 4.93. The van der Waals surface area contributed by atoms with E-state index in [0.29, 0.717) is 5.82 Å². The number of aryl methyl sites for hydroxylation is 1. The van der Waals surface area contributed by atoms with Crippen molar-refractivity contribution in [2.45, 2.75) is 16.8 Å². The molecule has 0 unspecified atom stereocenters. The zero-order chi connectivity index (χ0) is 11.5. The first-order chi connectivity index (χ1) is 7.63. The summed E-state index contributed by atoms with van der Waals surface area (Å²) in [6.45, 7) is 1.83. The topological polar surface area (TPSA) is 25.8 Å². The lowest BCUT2D eigenvalue weighted by Gasteiger charge is -2.02. The molecule has 1 heterocycles. The van der Waals surface area contributed by atoms with Crippen LogP contribution in [0.4, 0.5) is 4.39 Å². The fraction of sp³-hybridized carbons (Fsp3) is 0.0909. The Bertz CT molecular complexity index is 482. The molecule has 16 heavy (non-hydrogen) atoms. The smallest absolute Gasteiger partial charge is 0.127 e. The SMILES string of the molecule is Cc1nc(Br)cc(Sc2ccc(F)cc2)n1. The van der Waals surface area contributed by atoms with Gasteiger partial charge in [0.1, 0.15) is 21.3 Å². The van der Waals surface area contributed by atoms with Gasteiger partial charge in [0.25, 0.3) is 0 Å². The molecule has 0 aliphatic carbocycles. The van der Waals surface area contributed by atoms with Crippen LogP contribution in [0, 0.1) is 12.7 Å². The van der Waals surface area contributed by atoms with Crippen molar-refractivity contribution in [3.05, 3.63) is 46.6 Å². The van der Waals surface area contributed by atoms with Crippen LogP contribution in [0.2, 0.25) is 0 Å². The van der Waals surface area contributed by atoms with Crippen LogP contribution in [0.3, 0.4) is 0 Å². The predicted octanol–water partition coefficient (Wildman–Crippen LogP) is 3.84. The van der Waals surface area contributed by atoms with Crippen molar-refractivity contribution in [1.82, 2.24) is 9.97 Å². The summed E-state index contributed by atoms with van der Waals surface area (Å²) < 4.78 is 13.5. The number of nitrogens with zero attached hydrogens (tertiary/aromatic N) is 2. The second-order valence-corrected chi connectivity index (χ2v) is 5.04. The Labute approximate surface area is 105 Å². The molecule has 0 aliphatic heterocycles. The van der Waals surface area contributed by atoms with Gasteiger partial charge in [0.2, 0.25) is 0 Å². The molecule has 2 aromatic rings. The van der Waals surface area contributed by atoms with E-state index in [1.807, 2.05) is 13.0 Å². The summed E-state index contributed by atoms with van der Waals surface area (Å²) in [4.78, 5) is 9.35. The lowest BCUT2D eigenvalue weighted by atomic mass is 10.4. The van der Waals surface area contributed by atoms with E-state index in [-0.39, 0.29) is 5.82 Å². The summed E-state index contributed by atoms with van der Waals surface area (Å²) in [6, 6.07) is 8.16. The van der Waals surface area contributed by atoms with Crippen LogP contribution in [0.25, 0.3) is 0 Å². The number of hydrogen-bond donors (Lipinski definition) is 0. The van der Waals surface area contributed by atoms with Crippen LogP contribution in [0.1, 0.15) is 5.82 Å². The molecule has 0 N–H and O–H groups in total. The molecule has 2 nitrogen and oxygen atoms in total. The summed E-state index contributed by atoms with van der Waals surface area (Å²) >= 11 is 4.79. The first-order valence-corrected chi connectivity index (χ1v) is 6.19. The Morgan fingerprint density at radius 3 is 2.50 bits per heavy atom. The number of benzene rings is 1. The molecular formula is C11H8BrFN2S. The van der Waals surface area contributed by atoms with Crippen molar-refractivity contribution in [3.63, 3.8) is 0 Å².